The molecule has 1 atom stereocenters. The van der Waals surface area contributed by atoms with Gasteiger partial charge in [0.25, 0.3) is 0 Å². The molecule has 0 radical (unpaired) electrons. The zero-order valence-corrected chi connectivity index (χ0v) is 8.61. The quantitative estimate of drug-likeness (QED) is 0.811. The molecule has 15 heavy (non-hydrogen) atoms. The maximum absolute atomic E-state index is 11.6. The average molecular weight is 205 g/mol. The Morgan fingerprint density at radius 2 is 2.20 bits per heavy atom. The van der Waals surface area contributed by atoms with Crippen LogP contribution in [0.2, 0.25) is 0 Å². The smallest absolute Gasteiger partial charge is 0.249 e. The van der Waals surface area contributed by atoms with Crippen LogP contribution >= 0.6 is 0 Å². The van der Waals surface area contributed by atoms with Gasteiger partial charge in [-0.25, -0.2) is 0 Å². The Bertz CT molecular complexity index is 318. The van der Waals surface area contributed by atoms with Crippen LogP contribution in [0.3, 0.4) is 0 Å². The molecule has 3 nitrogen and oxygen atoms in total. The number of carbonyl (C=O) groups excluding carboxylic acids is 1. The lowest BCUT2D eigenvalue weighted by molar-refractivity contribution is -0.130. The second-order valence-corrected chi connectivity index (χ2v) is 3.71. The van der Waals surface area contributed by atoms with E-state index in [0.29, 0.717) is 13.2 Å². The fourth-order valence-corrected chi connectivity index (χ4v) is 1.68. The summed E-state index contributed by atoms with van der Waals surface area (Å²) >= 11 is 0. The molecule has 1 aliphatic heterocycles. The maximum Gasteiger partial charge on any atom is 0.249 e. The molecule has 0 unspecified atom stereocenters. The summed E-state index contributed by atoms with van der Waals surface area (Å²) in [7, 11) is 0. The molecule has 3 heteroatoms. The molecule has 0 saturated carbocycles. The topological polar surface area (TPSA) is 38.3 Å². The Morgan fingerprint density at radius 1 is 1.40 bits per heavy atom. The number of nitrogens with one attached hydrogen (secondary N) is 1. The first-order valence-corrected chi connectivity index (χ1v) is 5.29. The number of carbonyl (C=O) groups is 1. The average Bonchev–Trinajstić information content (AvgIpc) is 2.81. The molecule has 1 saturated heterocycles. The van der Waals surface area contributed by atoms with Gasteiger partial charge in [0.2, 0.25) is 5.91 Å². The van der Waals surface area contributed by atoms with Crippen LogP contribution in [0.5, 0.6) is 0 Å². The van der Waals surface area contributed by atoms with E-state index in [1.54, 1.807) is 0 Å². The molecule has 1 N–H and O–H groups in total. The molecule has 1 aromatic rings. The van der Waals surface area contributed by atoms with Gasteiger partial charge in [0.1, 0.15) is 6.10 Å². The molecule has 1 fully saturated rings. The standard InChI is InChI=1S/C12H15NO2/c14-12(11-7-4-8-15-11)13-9-10-5-2-1-3-6-10/h1-3,5-6,11H,4,7-9H2,(H,13,14)/t11-/m1/s1. The van der Waals surface area contributed by atoms with Crippen molar-refractivity contribution in [3.8, 4) is 0 Å². The van der Waals surface area contributed by atoms with Gasteiger partial charge in [-0.05, 0) is 18.4 Å². The molecule has 80 valence electrons. The van der Waals surface area contributed by atoms with E-state index in [1.165, 1.54) is 0 Å². The number of rotatable bonds is 3. The van der Waals surface area contributed by atoms with Crippen molar-refractivity contribution >= 4 is 5.91 Å². The number of hydrogen-bond acceptors (Lipinski definition) is 2. The Labute approximate surface area is 89.4 Å². The molecular formula is C12H15NO2. The summed E-state index contributed by atoms with van der Waals surface area (Å²) in [5.74, 6) is 0.0105. The Morgan fingerprint density at radius 3 is 2.87 bits per heavy atom. The van der Waals surface area contributed by atoms with Gasteiger partial charge in [-0.2, -0.15) is 0 Å². The van der Waals surface area contributed by atoms with Gasteiger partial charge in [0.05, 0.1) is 0 Å². The van der Waals surface area contributed by atoms with Gasteiger partial charge in [0, 0.05) is 13.2 Å². The fourth-order valence-electron chi connectivity index (χ4n) is 1.68. The van der Waals surface area contributed by atoms with Gasteiger partial charge < -0.3 is 10.1 Å². The molecule has 1 aromatic carbocycles. The van der Waals surface area contributed by atoms with Crippen LogP contribution in [-0.4, -0.2) is 18.6 Å². The van der Waals surface area contributed by atoms with Crippen molar-refractivity contribution in [1.82, 2.24) is 5.32 Å². The molecule has 1 aliphatic rings. The summed E-state index contributed by atoms with van der Waals surface area (Å²) in [5.41, 5.74) is 1.11. The van der Waals surface area contributed by atoms with E-state index < -0.39 is 0 Å². The SMILES string of the molecule is O=C(NCc1ccccc1)[C@H]1CCCO1. The monoisotopic (exact) mass is 205 g/mol. The minimum atomic E-state index is -0.228. The van der Waals surface area contributed by atoms with Gasteiger partial charge in [-0.1, -0.05) is 30.3 Å². The van der Waals surface area contributed by atoms with Gasteiger partial charge in [-0.3, -0.25) is 4.79 Å². The van der Waals surface area contributed by atoms with Crippen LogP contribution in [0.25, 0.3) is 0 Å². The highest BCUT2D eigenvalue weighted by atomic mass is 16.5. The van der Waals surface area contributed by atoms with Gasteiger partial charge in [0.15, 0.2) is 0 Å². The lowest BCUT2D eigenvalue weighted by Crippen LogP contribution is -2.33. The van der Waals surface area contributed by atoms with Crippen molar-refractivity contribution in [2.75, 3.05) is 6.61 Å². The zero-order chi connectivity index (χ0) is 10.5. The Balaban J connectivity index is 1.80. The first-order chi connectivity index (χ1) is 7.36. The third kappa shape index (κ3) is 2.80. The number of hydrogen-bond donors (Lipinski definition) is 1. The number of ether oxygens (including phenoxy) is 1. The highest BCUT2D eigenvalue weighted by Crippen LogP contribution is 2.11. The minimum absolute atomic E-state index is 0.0105. The Kier molecular flexibility index (Phi) is 3.35. The van der Waals surface area contributed by atoms with Crippen molar-refractivity contribution in [2.45, 2.75) is 25.5 Å². The third-order valence-electron chi connectivity index (χ3n) is 2.53. The van der Waals surface area contributed by atoms with Crippen molar-refractivity contribution in [1.29, 1.82) is 0 Å². The molecule has 1 amide bonds. The highest BCUT2D eigenvalue weighted by molar-refractivity contribution is 5.80. The second kappa shape index (κ2) is 4.94. The fraction of sp³-hybridized carbons (Fsp3) is 0.417. The van der Waals surface area contributed by atoms with E-state index in [4.69, 9.17) is 4.74 Å². The summed E-state index contributed by atoms with van der Waals surface area (Å²) in [6, 6.07) is 9.89. The lowest BCUT2D eigenvalue weighted by atomic mass is 10.2. The predicted octanol–water partition coefficient (Wildman–Crippen LogP) is 1.48. The van der Waals surface area contributed by atoms with Crippen molar-refractivity contribution in [3.63, 3.8) is 0 Å². The van der Waals surface area contributed by atoms with Crippen molar-refractivity contribution in [2.24, 2.45) is 0 Å². The van der Waals surface area contributed by atoms with E-state index in [2.05, 4.69) is 5.32 Å². The molecule has 0 aromatic heterocycles. The molecule has 0 aliphatic carbocycles. The molecule has 0 spiro atoms. The van der Waals surface area contributed by atoms with Crippen LogP contribution in [0.15, 0.2) is 30.3 Å². The highest BCUT2D eigenvalue weighted by Gasteiger charge is 2.22. The first-order valence-electron chi connectivity index (χ1n) is 5.29. The van der Waals surface area contributed by atoms with E-state index in [-0.39, 0.29) is 12.0 Å². The summed E-state index contributed by atoms with van der Waals surface area (Å²) in [6.07, 6.45) is 1.61. The van der Waals surface area contributed by atoms with E-state index in [1.807, 2.05) is 30.3 Å². The first kappa shape index (κ1) is 10.2. The summed E-state index contributed by atoms with van der Waals surface area (Å²) in [4.78, 5) is 11.6. The van der Waals surface area contributed by atoms with E-state index in [0.717, 1.165) is 18.4 Å². The van der Waals surface area contributed by atoms with Crippen LogP contribution < -0.4 is 5.32 Å². The zero-order valence-electron chi connectivity index (χ0n) is 8.61. The third-order valence-corrected chi connectivity index (χ3v) is 2.53. The van der Waals surface area contributed by atoms with Crippen LogP contribution in [0.4, 0.5) is 0 Å². The summed E-state index contributed by atoms with van der Waals surface area (Å²) in [5, 5.41) is 2.88. The molecule has 1 heterocycles. The van der Waals surface area contributed by atoms with Gasteiger partial charge in [-0.15, -0.1) is 0 Å². The number of benzene rings is 1. The van der Waals surface area contributed by atoms with Crippen molar-refractivity contribution in [3.05, 3.63) is 35.9 Å². The largest absolute Gasteiger partial charge is 0.368 e. The molecule has 0 bridgehead atoms. The molecule has 2 rings (SSSR count). The number of amides is 1. The van der Waals surface area contributed by atoms with E-state index in [9.17, 15) is 4.79 Å². The normalized spacial score (nSPS) is 20.1. The Hall–Kier alpha value is -1.35. The molecular weight excluding hydrogens is 190 g/mol. The maximum atomic E-state index is 11.6. The van der Waals surface area contributed by atoms with Gasteiger partial charge >= 0.3 is 0 Å². The van der Waals surface area contributed by atoms with E-state index >= 15 is 0 Å². The van der Waals surface area contributed by atoms with Crippen LogP contribution in [0.1, 0.15) is 18.4 Å². The summed E-state index contributed by atoms with van der Waals surface area (Å²) < 4.78 is 5.29. The predicted molar refractivity (Wildman–Crippen MR) is 57.3 cm³/mol. The van der Waals surface area contributed by atoms with Crippen LogP contribution in [0, 0.1) is 0 Å². The minimum Gasteiger partial charge on any atom is -0.368 e. The lowest BCUT2D eigenvalue weighted by Gasteiger charge is -2.10. The van der Waals surface area contributed by atoms with Crippen LogP contribution in [-0.2, 0) is 16.1 Å². The summed E-state index contributed by atoms with van der Waals surface area (Å²) in [6.45, 7) is 1.29. The second-order valence-electron chi connectivity index (χ2n) is 3.71. The van der Waals surface area contributed by atoms with Crippen molar-refractivity contribution < 1.29 is 9.53 Å².